The average Bonchev–Trinajstić information content (AvgIpc) is 3.17. The number of sulfonamides is 1. The van der Waals surface area contributed by atoms with Crippen LogP contribution in [0.15, 0.2) is 53.9 Å². The van der Waals surface area contributed by atoms with Crippen LogP contribution in [0.2, 0.25) is 0 Å². The summed E-state index contributed by atoms with van der Waals surface area (Å²) in [5.74, 6) is 0.865. The maximum absolute atomic E-state index is 12.4. The van der Waals surface area contributed by atoms with Crippen LogP contribution in [0.1, 0.15) is 25.7 Å². The topological polar surface area (TPSA) is 81.8 Å². The molecule has 0 bridgehead atoms. The lowest BCUT2D eigenvalue weighted by Gasteiger charge is -2.09. The maximum atomic E-state index is 12.4. The lowest BCUT2D eigenvalue weighted by molar-refractivity contribution is 0.531. The monoisotopic (exact) mass is 345 g/mol. The molecule has 0 unspecified atom stereocenters. The molecule has 0 saturated carbocycles. The molecule has 0 saturated heterocycles. The highest BCUT2D eigenvalue weighted by Gasteiger charge is 2.17. The van der Waals surface area contributed by atoms with E-state index in [1.165, 1.54) is 12.4 Å². The fourth-order valence-corrected chi connectivity index (χ4v) is 3.29. The number of nitrogens with one attached hydrogen (secondary N) is 1. The van der Waals surface area contributed by atoms with Gasteiger partial charge in [-0.05, 0) is 45.0 Å². The second kappa shape index (κ2) is 6.12. The maximum Gasteiger partial charge on any atom is 0.265 e. The van der Waals surface area contributed by atoms with E-state index in [9.17, 15) is 8.42 Å². The number of hydrogen-bond acceptors (Lipinski definition) is 4. The minimum absolute atomic E-state index is 0.103. The number of imidazole rings is 1. The quantitative estimate of drug-likeness (QED) is 0.771. The summed E-state index contributed by atoms with van der Waals surface area (Å²) < 4.78 is 31.0. The Balaban J connectivity index is 1.81. The van der Waals surface area contributed by atoms with Gasteiger partial charge in [-0.2, -0.15) is 5.10 Å². The highest BCUT2D eigenvalue weighted by Crippen LogP contribution is 2.19. The van der Waals surface area contributed by atoms with Gasteiger partial charge in [-0.15, -0.1) is 0 Å². The molecular weight excluding hydrogens is 326 g/mol. The molecule has 24 heavy (non-hydrogen) atoms. The largest absolute Gasteiger partial charge is 0.304 e. The SMILES string of the molecule is Cc1nccn1-c1ccc(NS(=O)(=O)c2cnn(C(C)C)c2)cc1. The van der Waals surface area contributed by atoms with Gasteiger partial charge < -0.3 is 4.57 Å². The van der Waals surface area contributed by atoms with E-state index in [2.05, 4.69) is 14.8 Å². The number of benzene rings is 1. The van der Waals surface area contributed by atoms with Crippen LogP contribution in [-0.2, 0) is 10.0 Å². The van der Waals surface area contributed by atoms with Crippen molar-refractivity contribution in [3.63, 3.8) is 0 Å². The number of aryl methyl sites for hydroxylation is 1. The lowest BCUT2D eigenvalue weighted by Crippen LogP contribution is -2.12. The Kier molecular flexibility index (Phi) is 4.15. The van der Waals surface area contributed by atoms with E-state index >= 15 is 0 Å². The van der Waals surface area contributed by atoms with Crippen LogP contribution in [0.3, 0.4) is 0 Å². The molecule has 0 fully saturated rings. The summed E-state index contributed by atoms with van der Waals surface area (Å²) in [6.45, 7) is 5.78. The van der Waals surface area contributed by atoms with Crippen molar-refractivity contribution in [3.05, 3.63) is 54.9 Å². The van der Waals surface area contributed by atoms with Crippen LogP contribution >= 0.6 is 0 Å². The molecule has 3 rings (SSSR count). The molecule has 7 nitrogen and oxygen atoms in total. The average molecular weight is 345 g/mol. The van der Waals surface area contributed by atoms with Gasteiger partial charge in [-0.1, -0.05) is 0 Å². The molecule has 2 aromatic heterocycles. The summed E-state index contributed by atoms with van der Waals surface area (Å²) >= 11 is 0. The van der Waals surface area contributed by atoms with Gasteiger partial charge in [0, 0.05) is 36.0 Å². The molecule has 8 heteroatoms. The third-order valence-electron chi connectivity index (χ3n) is 3.64. The molecule has 1 N–H and O–H groups in total. The van der Waals surface area contributed by atoms with Gasteiger partial charge in [0.1, 0.15) is 10.7 Å². The van der Waals surface area contributed by atoms with Gasteiger partial charge in [0.15, 0.2) is 0 Å². The first-order chi connectivity index (χ1) is 11.4. The zero-order valence-corrected chi connectivity index (χ0v) is 14.5. The fraction of sp³-hybridized carbons (Fsp3) is 0.250. The van der Waals surface area contributed by atoms with Crippen LogP contribution in [0.25, 0.3) is 5.69 Å². The van der Waals surface area contributed by atoms with E-state index < -0.39 is 10.0 Å². The smallest absolute Gasteiger partial charge is 0.265 e. The lowest BCUT2D eigenvalue weighted by atomic mass is 10.3. The highest BCUT2D eigenvalue weighted by molar-refractivity contribution is 7.92. The van der Waals surface area contributed by atoms with E-state index in [-0.39, 0.29) is 10.9 Å². The Morgan fingerprint density at radius 3 is 2.42 bits per heavy atom. The van der Waals surface area contributed by atoms with Crippen LogP contribution in [0, 0.1) is 6.92 Å². The second-order valence-corrected chi connectivity index (χ2v) is 7.43. The molecule has 3 aromatic rings. The Hall–Kier alpha value is -2.61. The minimum Gasteiger partial charge on any atom is -0.304 e. The molecule has 0 atom stereocenters. The van der Waals surface area contributed by atoms with Crippen molar-refractivity contribution < 1.29 is 8.42 Å². The van der Waals surface area contributed by atoms with Crippen molar-refractivity contribution in [2.45, 2.75) is 31.7 Å². The van der Waals surface area contributed by atoms with Crippen molar-refractivity contribution in [3.8, 4) is 5.69 Å². The summed E-state index contributed by atoms with van der Waals surface area (Å²) in [6.07, 6.45) is 6.45. The molecule has 0 aliphatic heterocycles. The third kappa shape index (κ3) is 3.18. The van der Waals surface area contributed by atoms with Crippen LogP contribution < -0.4 is 4.72 Å². The Morgan fingerprint density at radius 2 is 1.88 bits per heavy atom. The first kappa shape index (κ1) is 16.3. The van der Waals surface area contributed by atoms with Gasteiger partial charge >= 0.3 is 0 Å². The van der Waals surface area contributed by atoms with Crippen LogP contribution in [0.4, 0.5) is 5.69 Å². The van der Waals surface area contributed by atoms with Crippen LogP contribution in [-0.4, -0.2) is 27.7 Å². The number of hydrogen-bond donors (Lipinski definition) is 1. The van der Waals surface area contributed by atoms with Crippen LogP contribution in [0.5, 0.6) is 0 Å². The van der Waals surface area contributed by atoms with E-state index in [4.69, 9.17) is 0 Å². The zero-order chi connectivity index (χ0) is 17.3. The van der Waals surface area contributed by atoms with Gasteiger partial charge in [0.2, 0.25) is 0 Å². The fourth-order valence-electron chi connectivity index (χ4n) is 2.30. The summed E-state index contributed by atoms with van der Waals surface area (Å²) in [4.78, 5) is 4.32. The first-order valence-corrected chi connectivity index (χ1v) is 9.02. The van der Waals surface area contributed by atoms with Gasteiger partial charge in [-0.3, -0.25) is 9.40 Å². The Morgan fingerprint density at radius 1 is 1.17 bits per heavy atom. The Labute approximate surface area is 141 Å². The van der Waals surface area contributed by atoms with E-state index in [0.29, 0.717) is 5.69 Å². The molecule has 2 heterocycles. The molecule has 0 aliphatic rings. The molecule has 0 radical (unpaired) electrons. The number of nitrogens with zero attached hydrogens (tertiary/aromatic N) is 4. The Bertz CT molecular complexity index is 939. The van der Waals surface area contributed by atoms with E-state index in [0.717, 1.165) is 11.5 Å². The summed E-state index contributed by atoms with van der Waals surface area (Å²) in [5.41, 5.74) is 1.41. The number of anilines is 1. The molecule has 0 aliphatic carbocycles. The van der Waals surface area contributed by atoms with Crippen molar-refractivity contribution in [2.75, 3.05) is 4.72 Å². The molecule has 126 valence electrons. The zero-order valence-electron chi connectivity index (χ0n) is 13.7. The van der Waals surface area contributed by atoms with Gasteiger partial charge in [0.25, 0.3) is 10.0 Å². The third-order valence-corrected chi connectivity index (χ3v) is 4.98. The normalized spacial score (nSPS) is 11.8. The van der Waals surface area contributed by atoms with Gasteiger partial charge in [-0.25, -0.2) is 13.4 Å². The number of aromatic nitrogens is 4. The number of rotatable bonds is 5. The summed E-state index contributed by atoms with van der Waals surface area (Å²) in [5, 5.41) is 4.07. The van der Waals surface area contributed by atoms with Crippen molar-refractivity contribution in [1.29, 1.82) is 0 Å². The van der Waals surface area contributed by atoms with Crippen molar-refractivity contribution >= 4 is 15.7 Å². The molecule has 0 amide bonds. The second-order valence-electron chi connectivity index (χ2n) is 5.75. The predicted octanol–water partition coefficient (Wildman–Crippen LogP) is 2.76. The van der Waals surface area contributed by atoms with E-state index in [1.807, 2.05) is 43.7 Å². The molecule has 0 spiro atoms. The predicted molar refractivity (Wildman–Crippen MR) is 91.7 cm³/mol. The standard InChI is InChI=1S/C16H19N5O2S/c1-12(2)21-11-16(10-18-21)24(22,23)19-14-4-6-15(7-5-14)20-9-8-17-13(20)3/h4-12,19H,1-3H3. The molecule has 1 aromatic carbocycles. The summed E-state index contributed by atoms with van der Waals surface area (Å²) in [6, 6.07) is 7.22. The molecular formula is C16H19N5O2S. The highest BCUT2D eigenvalue weighted by atomic mass is 32.2. The minimum atomic E-state index is -3.65. The van der Waals surface area contributed by atoms with Crippen molar-refractivity contribution in [1.82, 2.24) is 19.3 Å². The first-order valence-electron chi connectivity index (χ1n) is 7.54. The van der Waals surface area contributed by atoms with E-state index in [1.54, 1.807) is 23.0 Å². The van der Waals surface area contributed by atoms with Crippen molar-refractivity contribution in [2.24, 2.45) is 0 Å². The van der Waals surface area contributed by atoms with Gasteiger partial charge in [0.05, 0.1) is 6.20 Å². The summed E-state index contributed by atoms with van der Waals surface area (Å²) in [7, 11) is -3.65.